The molecule has 2 aliphatic rings. The summed E-state index contributed by atoms with van der Waals surface area (Å²) in [6.45, 7) is 9.35. The molecule has 2 nitrogen and oxygen atoms in total. The second kappa shape index (κ2) is 6.36. The normalized spacial score (nSPS) is 36.9. The first-order valence-corrected chi connectivity index (χ1v) is 9.27. The Balaban J connectivity index is 2.31. The summed E-state index contributed by atoms with van der Waals surface area (Å²) >= 11 is 2.12. The van der Waals surface area contributed by atoms with E-state index in [4.69, 9.17) is 5.73 Å². The third kappa shape index (κ3) is 2.84. The minimum atomic E-state index is 0.223. The highest BCUT2D eigenvalue weighted by atomic mass is 32.2. The summed E-state index contributed by atoms with van der Waals surface area (Å²) < 4.78 is 0. The molecule has 0 amide bonds. The molecule has 0 aliphatic carbocycles. The number of rotatable bonds is 3. The summed E-state index contributed by atoms with van der Waals surface area (Å²) in [5.41, 5.74) is 6.93. The second-order valence-electron chi connectivity index (χ2n) is 7.03. The van der Waals surface area contributed by atoms with Crippen LogP contribution >= 0.6 is 11.8 Å². The van der Waals surface area contributed by atoms with E-state index in [-0.39, 0.29) is 5.54 Å². The number of thioether (sulfide) groups is 1. The molecule has 2 rings (SSSR count). The van der Waals surface area contributed by atoms with Crippen molar-refractivity contribution < 1.29 is 0 Å². The van der Waals surface area contributed by atoms with Gasteiger partial charge in [-0.25, -0.2) is 0 Å². The van der Waals surface area contributed by atoms with Gasteiger partial charge >= 0.3 is 0 Å². The Bertz CT molecular complexity index is 292. The highest BCUT2D eigenvalue weighted by molar-refractivity contribution is 7.99. The smallest absolute Gasteiger partial charge is 0.0475 e. The lowest BCUT2D eigenvalue weighted by Crippen LogP contribution is -2.68. The van der Waals surface area contributed by atoms with Crippen LogP contribution in [-0.4, -0.2) is 41.1 Å². The van der Waals surface area contributed by atoms with Crippen LogP contribution in [0.15, 0.2) is 0 Å². The number of nitrogens with two attached hydrogens (primary N) is 1. The minimum Gasteiger partial charge on any atom is -0.329 e. The monoisotopic (exact) mass is 284 g/mol. The molecule has 0 bridgehead atoms. The van der Waals surface area contributed by atoms with E-state index in [9.17, 15) is 0 Å². The Hall–Kier alpha value is 0.270. The maximum atomic E-state index is 6.36. The highest BCUT2D eigenvalue weighted by Gasteiger charge is 2.51. The molecule has 0 radical (unpaired) electrons. The highest BCUT2D eigenvalue weighted by Crippen LogP contribution is 2.47. The van der Waals surface area contributed by atoms with Crippen LogP contribution in [0.4, 0.5) is 0 Å². The van der Waals surface area contributed by atoms with Gasteiger partial charge in [0.15, 0.2) is 0 Å². The van der Waals surface area contributed by atoms with E-state index in [2.05, 4.69) is 37.4 Å². The maximum Gasteiger partial charge on any atom is 0.0475 e. The topological polar surface area (TPSA) is 29.3 Å². The number of hydrogen-bond acceptors (Lipinski definition) is 3. The third-order valence-electron chi connectivity index (χ3n) is 5.71. The van der Waals surface area contributed by atoms with E-state index >= 15 is 0 Å². The van der Waals surface area contributed by atoms with Crippen molar-refractivity contribution >= 4 is 11.8 Å². The van der Waals surface area contributed by atoms with Crippen molar-refractivity contribution in [2.24, 2.45) is 11.1 Å². The van der Waals surface area contributed by atoms with Crippen LogP contribution in [0.5, 0.6) is 0 Å². The average molecular weight is 285 g/mol. The van der Waals surface area contributed by atoms with E-state index < -0.39 is 0 Å². The van der Waals surface area contributed by atoms with Crippen LogP contribution in [-0.2, 0) is 0 Å². The van der Waals surface area contributed by atoms with Crippen LogP contribution in [0.25, 0.3) is 0 Å². The molecule has 0 saturated carbocycles. The zero-order valence-corrected chi connectivity index (χ0v) is 13.9. The van der Waals surface area contributed by atoms with Gasteiger partial charge in [-0.1, -0.05) is 33.6 Å². The Morgan fingerprint density at radius 3 is 2.68 bits per heavy atom. The fourth-order valence-corrected chi connectivity index (χ4v) is 5.90. The third-order valence-corrected chi connectivity index (χ3v) is 6.88. The summed E-state index contributed by atoms with van der Waals surface area (Å²) in [4.78, 5) is 2.84. The predicted molar refractivity (Wildman–Crippen MR) is 86.8 cm³/mol. The van der Waals surface area contributed by atoms with Crippen molar-refractivity contribution in [3.63, 3.8) is 0 Å². The summed E-state index contributed by atoms with van der Waals surface area (Å²) in [6, 6.07) is 0.754. The van der Waals surface area contributed by atoms with Gasteiger partial charge in [0.05, 0.1) is 0 Å². The standard InChI is InChI=1S/C16H32N2S/c1-4-14-8-6-5-7-10-18(14)16(12-17)13-19-11-9-15(16,2)3/h14H,4-13,17H2,1-3H3. The first kappa shape index (κ1) is 15.7. The van der Waals surface area contributed by atoms with Crippen molar-refractivity contribution in [3.8, 4) is 0 Å². The Labute approximate surface area is 123 Å². The molecule has 0 aromatic carbocycles. The lowest BCUT2D eigenvalue weighted by molar-refractivity contribution is -0.0276. The summed E-state index contributed by atoms with van der Waals surface area (Å²) in [6.07, 6.45) is 8.13. The number of likely N-dealkylation sites (tertiary alicyclic amines) is 1. The first-order valence-electron chi connectivity index (χ1n) is 8.12. The molecule has 19 heavy (non-hydrogen) atoms. The van der Waals surface area contributed by atoms with Crippen LogP contribution in [0, 0.1) is 5.41 Å². The molecule has 2 atom stereocenters. The molecule has 3 heteroatoms. The van der Waals surface area contributed by atoms with Gasteiger partial charge in [-0.3, -0.25) is 4.90 Å². The largest absolute Gasteiger partial charge is 0.329 e. The summed E-state index contributed by atoms with van der Waals surface area (Å²) in [7, 11) is 0. The van der Waals surface area contributed by atoms with Crippen LogP contribution in [0.3, 0.4) is 0 Å². The van der Waals surface area contributed by atoms with Gasteiger partial charge in [-0.05, 0) is 43.4 Å². The van der Waals surface area contributed by atoms with Gasteiger partial charge in [0.1, 0.15) is 0 Å². The summed E-state index contributed by atoms with van der Waals surface area (Å²) in [5.74, 6) is 2.53. The van der Waals surface area contributed by atoms with Crippen molar-refractivity contribution in [1.29, 1.82) is 0 Å². The molecule has 2 unspecified atom stereocenters. The molecule has 2 fully saturated rings. The zero-order chi connectivity index (χ0) is 13.9. The lowest BCUT2D eigenvalue weighted by atomic mass is 9.69. The summed E-state index contributed by atoms with van der Waals surface area (Å²) in [5, 5.41) is 0. The lowest BCUT2D eigenvalue weighted by Gasteiger charge is -2.57. The fraction of sp³-hybridized carbons (Fsp3) is 1.00. The van der Waals surface area contributed by atoms with Crippen LogP contribution in [0.1, 0.15) is 59.3 Å². The molecule has 2 heterocycles. The molecule has 0 aromatic rings. The Morgan fingerprint density at radius 1 is 1.26 bits per heavy atom. The second-order valence-corrected chi connectivity index (χ2v) is 8.13. The van der Waals surface area contributed by atoms with E-state index in [1.165, 1.54) is 56.6 Å². The molecule has 2 N–H and O–H groups in total. The number of hydrogen-bond donors (Lipinski definition) is 1. The molecule has 112 valence electrons. The van der Waals surface area contributed by atoms with Gasteiger partial charge < -0.3 is 5.73 Å². The van der Waals surface area contributed by atoms with Crippen molar-refractivity contribution in [2.75, 3.05) is 24.6 Å². The molecule has 0 aromatic heterocycles. The van der Waals surface area contributed by atoms with E-state index in [1.807, 2.05) is 0 Å². The van der Waals surface area contributed by atoms with Crippen LogP contribution in [0.2, 0.25) is 0 Å². The van der Waals surface area contributed by atoms with E-state index in [0.717, 1.165) is 12.6 Å². The maximum absolute atomic E-state index is 6.36. The van der Waals surface area contributed by atoms with Crippen LogP contribution < -0.4 is 5.73 Å². The average Bonchev–Trinajstić information content (AvgIpc) is 2.64. The molecular weight excluding hydrogens is 252 g/mol. The van der Waals surface area contributed by atoms with Crippen molar-refractivity contribution in [2.45, 2.75) is 70.9 Å². The van der Waals surface area contributed by atoms with Gasteiger partial charge in [0.2, 0.25) is 0 Å². The van der Waals surface area contributed by atoms with Gasteiger partial charge in [-0.15, -0.1) is 0 Å². The Kier molecular flexibility index (Phi) is 5.24. The van der Waals surface area contributed by atoms with E-state index in [0.29, 0.717) is 5.41 Å². The quantitative estimate of drug-likeness (QED) is 0.860. The molecule has 2 saturated heterocycles. The zero-order valence-electron chi connectivity index (χ0n) is 13.1. The SMILES string of the molecule is CCC1CCCCCN1C1(CN)CSCCC1(C)C. The van der Waals surface area contributed by atoms with Gasteiger partial charge in [0.25, 0.3) is 0 Å². The van der Waals surface area contributed by atoms with Crippen molar-refractivity contribution in [1.82, 2.24) is 4.90 Å². The van der Waals surface area contributed by atoms with Gasteiger partial charge in [-0.2, -0.15) is 11.8 Å². The first-order chi connectivity index (χ1) is 9.07. The predicted octanol–water partition coefficient (Wildman–Crippen LogP) is 3.50. The molecule has 2 aliphatic heterocycles. The number of nitrogens with zero attached hydrogens (tertiary/aromatic N) is 1. The van der Waals surface area contributed by atoms with E-state index in [1.54, 1.807) is 0 Å². The minimum absolute atomic E-state index is 0.223. The van der Waals surface area contributed by atoms with Gasteiger partial charge in [0, 0.05) is 23.9 Å². The van der Waals surface area contributed by atoms with Crippen molar-refractivity contribution in [3.05, 3.63) is 0 Å². The Morgan fingerprint density at radius 2 is 2.05 bits per heavy atom. The molecular formula is C16H32N2S. The fourth-order valence-electron chi connectivity index (χ4n) is 4.09. The molecule has 0 spiro atoms.